The summed E-state index contributed by atoms with van der Waals surface area (Å²) in [5.41, 5.74) is 3.84. The fraction of sp³-hybridized carbons (Fsp3) is 0.400. The molecule has 0 spiro atoms. The van der Waals surface area contributed by atoms with E-state index < -0.39 is 0 Å². The van der Waals surface area contributed by atoms with Crippen LogP contribution in [0.15, 0.2) is 46.9 Å². The van der Waals surface area contributed by atoms with Gasteiger partial charge < -0.3 is 10.1 Å². The quantitative estimate of drug-likeness (QED) is 0.832. The molecule has 1 aliphatic heterocycles. The molecule has 24 heavy (non-hydrogen) atoms. The van der Waals surface area contributed by atoms with Crippen LogP contribution in [0.5, 0.6) is 5.75 Å². The molecule has 2 aromatic rings. The number of halogens is 1. The summed E-state index contributed by atoms with van der Waals surface area (Å²) < 4.78 is 7.04. The van der Waals surface area contributed by atoms with Crippen LogP contribution in [0.4, 0.5) is 0 Å². The summed E-state index contributed by atoms with van der Waals surface area (Å²) in [7, 11) is 0. The smallest absolute Gasteiger partial charge is 0.124 e. The predicted octanol–water partition coefficient (Wildman–Crippen LogP) is 4.15. The van der Waals surface area contributed by atoms with Gasteiger partial charge in [-0.05, 0) is 37.6 Å². The van der Waals surface area contributed by atoms with Crippen molar-refractivity contribution in [3.05, 3.63) is 63.6 Å². The highest BCUT2D eigenvalue weighted by Gasteiger charge is 2.26. The number of nitrogens with one attached hydrogen (secondary N) is 1. The van der Waals surface area contributed by atoms with Crippen LogP contribution in [-0.2, 0) is 0 Å². The second kappa shape index (κ2) is 8.15. The van der Waals surface area contributed by atoms with E-state index in [2.05, 4.69) is 75.5 Å². The summed E-state index contributed by atoms with van der Waals surface area (Å²) in [6.45, 7) is 8.98. The van der Waals surface area contributed by atoms with Gasteiger partial charge in [0.1, 0.15) is 5.75 Å². The molecule has 0 bridgehead atoms. The average Bonchev–Trinajstić information content (AvgIpc) is 2.60. The SMILES string of the molecule is CCOc1ccc(Br)cc1C(c1ccc(C)cc1)N1CCNCC1. The van der Waals surface area contributed by atoms with E-state index in [0.29, 0.717) is 6.61 Å². The number of piperazine rings is 1. The molecule has 0 radical (unpaired) electrons. The van der Waals surface area contributed by atoms with Crippen LogP contribution in [0.3, 0.4) is 0 Å². The largest absolute Gasteiger partial charge is 0.494 e. The van der Waals surface area contributed by atoms with Crippen LogP contribution in [0.25, 0.3) is 0 Å². The molecule has 1 N–H and O–H groups in total. The summed E-state index contributed by atoms with van der Waals surface area (Å²) in [5, 5.41) is 3.45. The van der Waals surface area contributed by atoms with Gasteiger partial charge in [0.15, 0.2) is 0 Å². The van der Waals surface area contributed by atoms with Crippen LogP contribution in [0.1, 0.15) is 29.7 Å². The number of hydrogen-bond acceptors (Lipinski definition) is 3. The molecule has 128 valence electrons. The Kier molecular flexibility index (Phi) is 5.93. The van der Waals surface area contributed by atoms with E-state index in [-0.39, 0.29) is 6.04 Å². The fourth-order valence-electron chi connectivity index (χ4n) is 3.30. The number of nitrogens with zero attached hydrogens (tertiary/aromatic N) is 1. The third-order valence-electron chi connectivity index (χ3n) is 4.48. The van der Waals surface area contributed by atoms with Crippen LogP contribution in [0, 0.1) is 6.92 Å². The van der Waals surface area contributed by atoms with E-state index in [0.717, 1.165) is 36.4 Å². The van der Waals surface area contributed by atoms with Crippen LogP contribution < -0.4 is 10.1 Å². The predicted molar refractivity (Wildman–Crippen MR) is 103 cm³/mol. The molecule has 1 saturated heterocycles. The van der Waals surface area contributed by atoms with E-state index in [1.165, 1.54) is 16.7 Å². The van der Waals surface area contributed by atoms with Crippen LogP contribution in [-0.4, -0.2) is 37.7 Å². The van der Waals surface area contributed by atoms with Crippen molar-refractivity contribution in [1.29, 1.82) is 0 Å². The first-order valence-electron chi connectivity index (χ1n) is 8.62. The first kappa shape index (κ1) is 17.5. The minimum absolute atomic E-state index is 0.215. The topological polar surface area (TPSA) is 24.5 Å². The van der Waals surface area contributed by atoms with Crippen molar-refractivity contribution >= 4 is 15.9 Å². The molecule has 3 rings (SSSR count). The highest BCUT2D eigenvalue weighted by atomic mass is 79.9. The molecule has 0 saturated carbocycles. The molecule has 1 aliphatic rings. The Morgan fingerprint density at radius 2 is 1.83 bits per heavy atom. The third-order valence-corrected chi connectivity index (χ3v) is 4.97. The van der Waals surface area contributed by atoms with Crippen molar-refractivity contribution in [3.63, 3.8) is 0 Å². The van der Waals surface area contributed by atoms with Crippen molar-refractivity contribution in [1.82, 2.24) is 10.2 Å². The van der Waals surface area contributed by atoms with Crippen molar-refractivity contribution < 1.29 is 4.74 Å². The first-order chi connectivity index (χ1) is 11.7. The molecule has 1 unspecified atom stereocenters. The van der Waals surface area contributed by atoms with Crippen LogP contribution in [0.2, 0.25) is 0 Å². The molecule has 1 heterocycles. The Labute approximate surface area is 153 Å². The van der Waals surface area contributed by atoms with Gasteiger partial charge in [0, 0.05) is 36.2 Å². The Balaban J connectivity index is 2.06. The van der Waals surface area contributed by atoms with Gasteiger partial charge in [0.2, 0.25) is 0 Å². The molecule has 1 atom stereocenters. The number of rotatable bonds is 5. The van der Waals surface area contributed by atoms with E-state index in [1.807, 2.05) is 6.92 Å². The minimum Gasteiger partial charge on any atom is -0.494 e. The molecule has 2 aromatic carbocycles. The Hall–Kier alpha value is -1.36. The van der Waals surface area contributed by atoms with E-state index >= 15 is 0 Å². The van der Waals surface area contributed by atoms with Gasteiger partial charge in [-0.1, -0.05) is 45.8 Å². The maximum atomic E-state index is 5.95. The third kappa shape index (κ3) is 4.00. The zero-order valence-corrected chi connectivity index (χ0v) is 16.0. The number of ether oxygens (including phenoxy) is 1. The van der Waals surface area contributed by atoms with Gasteiger partial charge in [-0.15, -0.1) is 0 Å². The number of benzene rings is 2. The summed E-state index contributed by atoms with van der Waals surface area (Å²) in [6, 6.07) is 15.4. The maximum absolute atomic E-state index is 5.95. The zero-order valence-electron chi connectivity index (χ0n) is 14.4. The van der Waals surface area contributed by atoms with Gasteiger partial charge >= 0.3 is 0 Å². The van der Waals surface area contributed by atoms with E-state index in [4.69, 9.17) is 4.74 Å². The van der Waals surface area contributed by atoms with Gasteiger partial charge in [0.25, 0.3) is 0 Å². The van der Waals surface area contributed by atoms with Gasteiger partial charge in [-0.3, -0.25) is 4.90 Å². The molecule has 1 fully saturated rings. The van der Waals surface area contributed by atoms with Gasteiger partial charge in [-0.2, -0.15) is 0 Å². The number of aryl methyl sites for hydroxylation is 1. The normalized spacial score (nSPS) is 16.8. The molecular formula is C20H25BrN2O. The molecule has 4 heteroatoms. The molecular weight excluding hydrogens is 364 g/mol. The maximum Gasteiger partial charge on any atom is 0.124 e. The standard InChI is InChI=1S/C20H25BrN2O/c1-3-24-19-9-8-17(21)14-18(19)20(23-12-10-22-11-13-23)16-6-4-15(2)5-7-16/h4-9,14,20,22H,3,10-13H2,1-2H3. The second-order valence-corrected chi connectivity index (χ2v) is 7.13. The summed E-state index contributed by atoms with van der Waals surface area (Å²) >= 11 is 3.64. The van der Waals surface area contributed by atoms with Crippen molar-refractivity contribution in [2.75, 3.05) is 32.8 Å². The highest BCUT2D eigenvalue weighted by Crippen LogP contribution is 2.37. The minimum atomic E-state index is 0.215. The van der Waals surface area contributed by atoms with Crippen molar-refractivity contribution in [3.8, 4) is 5.75 Å². The Bertz CT molecular complexity index is 666. The van der Waals surface area contributed by atoms with Crippen molar-refractivity contribution in [2.45, 2.75) is 19.9 Å². The van der Waals surface area contributed by atoms with E-state index in [1.54, 1.807) is 0 Å². The van der Waals surface area contributed by atoms with E-state index in [9.17, 15) is 0 Å². The molecule has 0 aliphatic carbocycles. The summed E-state index contributed by atoms with van der Waals surface area (Å²) in [4.78, 5) is 2.55. The molecule has 3 nitrogen and oxygen atoms in total. The fourth-order valence-corrected chi connectivity index (χ4v) is 3.67. The monoisotopic (exact) mass is 388 g/mol. The molecule has 0 amide bonds. The zero-order chi connectivity index (χ0) is 16.9. The van der Waals surface area contributed by atoms with Gasteiger partial charge in [0.05, 0.1) is 12.6 Å². The Morgan fingerprint density at radius 3 is 2.50 bits per heavy atom. The lowest BCUT2D eigenvalue weighted by Gasteiger charge is -2.36. The summed E-state index contributed by atoms with van der Waals surface area (Å²) in [6.07, 6.45) is 0. The highest BCUT2D eigenvalue weighted by molar-refractivity contribution is 9.10. The molecule has 0 aromatic heterocycles. The average molecular weight is 389 g/mol. The summed E-state index contributed by atoms with van der Waals surface area (Å²) in [5.74, 6) is 0.977. The lowest BCUT2D eigenvalue weighted by molar-refractivity contribution is 0.194. The first-order valence-corrected chi connectivity index (χ1v) is 9.42. The van der Waals surface area contributed by atoms with Crippen molar-refractivity contribution in [2.24, 2.45) is 0 Å². The number of hydrogen-bond donors (Lipinski definition) is 1. The lowest BCUT2D eigenvalue weighted by Crippen LogP contribution is -2.45. The second-order valence-electron chi connectivity index (χ2n) is 6.21. The Morgan fingerprint density at radius 1 is 1.12 bits per heavy atom. The lowest BCUT2D eigenvalue weighted by atomic mass is 9.95. The van der Waals surface area contributed by atoms with Gasteiger partial charge in [-0.25, -0.2) is 0 Å². The van der Waals surface area contributed by atoms with Crippen LogP contribution >= 0.6 is 15.9 Å².